The summed E-state index contributed by atoms with van der Waals surface area (Å²) in [5.41, 5.74) is 4.11. The predicted octanol–water partition coefficient (Wildman–Crippen LogP) is 4.98. The van der Waals surface area contributed by atoms with E-state index in [2.05, 4.69) is 36.2 Å². The molecule has 0 spiro atoms. The molecule has 0 aromatic heterocycles. The molecule has 0 radical (unpaired) electrons. The standard InChI is InChI=1S/C27H34ClFN2O3/c1-17-18(2)26(34-11-10-33-3)9-4-19(17)16-31-23-6-7-24(31)15-22(14-23)30-27(32)13-20-12-21(28)5-8-25(20)29/h4-5,8-9,12,22-24H,6-7,10-11,13-16H2,1-3H3,(H,30,32). The van der Waals surface area contributed by atoms with Crippen molar-refractivity contribution in [3.63, 3.8) is 0 Å². The first kappa shape index (κ1) is 25.0. The Hall–Kier alpha value is -2.15. The SMILES string of the molecule is COCCOc1ccc(CN2C3CCC2CC(NC(=O)Cc2cc(Cl)ccc2F)C3)c(C)c1C. The van der Waals surface area contributed by atoms with Crippen molar-refractivity contribution in [3.05, 3.63) is 63.4 Å². The van der Waals surface area contributed by atoms with Crippen LogP contribution in [0.25, 0.3) is 0 Å². The topological polar surface area (TPSA) is 50.8 Å². The van der Waals surface area contributed by atoms with Crippen molar-refractivity contribution in [2.75, 3.05) is 20.3 Å². The summed E-state index contributed by atoms with van der Waals surface area (Å²) < 4.78 is 24.9. The summed E-state index contributed by atoms with van der Waals surface area (Å²) in [4.78, 5) is 15.2. The minimum Gasteiger partial charge on any atom is -0.491 e. The average molecular weight is 489 g/mol. The minimum absolute atomic E-state index is 0.0131. The number of halogens is 2. The maximum absolute atomic E-state index is 14.0. The summed E-state index contributed by atoms with van der Waals surface area (Å²) >= 11 is 5.96. The molecule has 2 heterocycles. The molecule has 7 heteroatoms. The van der Waals surface area contributed by atoms with Gasteiger partial charge in [-0.2, -0.15) is 0 Å². The van der Waals surface area contributed by atoms with Gasteiger partial charge in [0.05, 0.1) is 13.0 Å². The van der Waals surface area contributed by atoms with E-state index in [1.165, 1.54) is 34.9 Å². The number of rotatable bonds is 9. The van der Waals surface area contributed by atoms with Gasteiger partial charge in [-0.3, -0.25) is 9.69 Å². The van der Waals surface area contributed by atoms with Crippen LogP contribution in [0.3, 0.4) is 0 Å². The van der Waals surface area contributed by atoms with Crippen LogP contribution in [-0.4, -0.2) is 49.3 Å². The van der Waals surface area contributed by atoms with Gasteiger partial charge in [-0.15, -0.1) is 0 Å². The summed E-state index contributed by atoms with van der Waals surface area (Å²) in [7, 11) is 1.67. The molecular formula is C27H34ClFN2O3. The molecule has 2 bridgehead atoms. The Morgan fingerprint density at radius 2 is 1.82 bits per heavy atom. The average Bonchev–Trinajstić information content (AvgIpc) is 3.03. The fraction of sp³-hybridized carbons (Fsp3) is 0.519. The van der Waals surface area contributed by atoms with Crippen LogP contribution in [0.2, 0.25) is 5.02 Å². The van der Waals surface area contributed by atoms with Crippen molar-refractivity contribution in [1.29, 1.82) is 0 Å². The van der Waals surface area contributed by atoms with Crippen LogP contribution < -0.4 is 10.1 Å². The number of piperidine rings is 1. The van der Waals surface area contributed by atoms with Crippen molar-refractivity contribution in [2.45, 2.75) is 70.6 Å². The summed E-state index contributed by atoms with van der Waals surface area (Å²) in [5, 5.41) is 3.59. The van der Waals surface area contributed by atoms with Gasteiger partial charge in [0.25, 0.3) is 0 Å². The van der Waals surface area contributed by atoms with E-state index in [-0.39, 0.29) is 18.4 Å². The summed E-state index contributed by atoms with van der Waals surface area (Å²) in [6.45, 7) is 6.30. The molecule has 2 aliphatic rings. The van der Waals surface area contributed by atoms with Gasteiger partial charge in [-0.25, -0.2) is 4.39 Å². The number of carbonyl (C=O) groups is 1. The number of ether oxygens (including phenoxy) is 2. The first-order valence-corrected chi connectivity index (χ1v) is 12.4. The summed E-state index contributed by atoms with van der Waals surface area (Å²) in [6, 6.07) is 9.61. The molecule has 2 unspecified atom stereocenters. The highest BCUT2D eigenvalue weighted by Crippen LogP contribution is 2.38. The van der Waals surface area contributed by atoms with Gasteiger partial charge in [0.2, 0.25) is 5.91 Å². The molecule has 2 saturated heterocycles. The van der Waals surface area contributed by atoms with Crippen LogP contribution in [0.1, 0.15) is 47.9 Å². The molecule has 2 aromatic rings. The van der Waals surface area contributed by atoms with E-state index in [0.29, 0.717) is 35.9 Å². The Kier molecular flexibility index (Phi) is 8.12. The highest BCUT2D eigenvalue weighted by Gasteiger charge is 2.41. The lowest BCUT2D eigenvalue weighted by atomic mass is 9.95. The number of nitrogens with zero attached hydrogens (tertiary/aromatic N) is 1. The van der Waals surface area contributed by atoms with Crippen LogP contribution in [0, 0.1) is 19.7 Å². The van der Waals surface area contributed by atoms with E-state index in [1.807, 2.05) is 0 Å². The monoisotopic (exact) mass is 488 g/mol. The molecule has 2 atom stereocenters. The Bertz CT molecular complexity index is 1020. The Labute approximate surface area is 206 Å². The molecule has 2 fully saturated rings. The predicted molar refractivity (Wildman–Crippen MR) is 132 cm³/mol. The Morgan fingerprint density at radius 3 is 2.53 bits per heavy atom. The molecule has 184 valence electrons. The number of nitrogens with one attached hydrogen (secondary N) is 1. The van der Waals surface area contributed by atoms with E-state index in [0.717, 1.165) is 38.0 Å². The molecule has 34 heavy (non-hydrogen) atoms. The second kappa shape index (κ2) is 11.1. The van der Waals surface area contributed by atoms with Crippen molar-refractivity contribution >= 4 is 17.5 Å². The van der Waals surface area contributed by atoms with Crippen molar-refractivity contribution in [3.8, 4) is 5.75 Å². The summed E-state index contributed by atoms with van der Waals surface area (Å²) in [5.74, 6) is 0.378. The molecule has 5 nitrogen and oxygen atoms in total. The zero-order chi connectivity index (χ0) is 24.2. The smallest absolute Gasteiger partial charge is 0.224 e. The second-order valence-corrected chi connectivity index (χ2v) is 9.96. The number of hydrogen-bond acceptors (Lipinski definition) is 4. The van der Waals surface area contributed by atoms with Crippen LogP contribution >= 0.6 is 11.6 Å². The van der Waals surface area contributed by atoms with Gasteiger partial charge >= 0.3 is 0 Å². The maximum Gasteiger partial charge on any atom is 0.224 e. The molecule has 1 amide bonds. The van der Waals surface area contributed by atoms with E-state index in [9.17, 15) is 9.18 Å². The lowest BCUT2D eigenvalue weighted by Crippen LogP contribution is -2.50. The van der Waals surface area contributed by atoms with Crippen molar-refractivity contribution in [1.82, 2.24) is 10.2 Å². The van der Waals surface area contributed by atoms with E-state index in [1.54, 1.807) is 7.11 Å². The largest absolute Gasteiger partial charge is 0.491 e. The van der Waals surface area contributed by atoms with E-state index < -0.39 is 5.82 Å². The van der Waals surface area contributed by atoms with Crippen molar-refractivity contribution in [2.24, 2.45) is 0 Å². The van der Waals surface area contributed by atoms with E-state index in [4.69, 9.17) is 21.1 Å². The Balaban J connectivity index is 1.35. The lowest BCUT2D eigenvalue weighted by molar-refractivity contribution is -0.121. The van der Waals surface area contributed by atoms with Crippen LogP contribution in [0.5, 0.6) is 5.75 Å². The maximum atomic E-state index is 14.0. The van der Waals surface area contributed by atoms with Crippen LogP contribution in [-0.2, 0) is 22.5 Å². The normalized spacial score (nSPS) is 22.1. The highest BCUT2D eigenvalue weighted by molar-refractivity contribution is 6.30. The molecule has 2 aliphatic heterocycles. The number of amides is 1. The fourth-order valence-corrected chi connectivity index (χ4v) is 5.59. The highest BCUT2D eigenvalue weighted by atomic mass is 35.5. The first-order valence-electron chi connectivity index (χ1n) is 12.1. The minimum atomic E-state index is -0.393. The molecule has 0 aliphatic carbocycles. The first-order chi connectivity index (χ1) is 16.4. The van der Waals surface area contributed by atoms with Gasteiger partial charge in [0.1, 0.15) is 18.2 Å². The second-order valence-electron chi connectivity index (χ2n) is 9.52. The van der Waals surface area contributed by atoms with Crippen LogP contribution in [0.4, 0.5) is 4.39 Å². The van der Waals surface area contributed by atoms with Gasteiger partial charge in [-0.1, -0.05) is 17.7 Å². The third-order valence-electron chi connectivity index (χ3n) is 7.36. The Morgan fingerprint density at radius 1 is 1.09 bits per heavy atom. The van der Waals surface area contributed by atoms with Gasteiger partial charge in [0, 0.05) is 36.8 Å². The van der Waals surface area contributed by atoms with Crippen molar-refractivity contribution < 1.29 is 18.7 Å². The number of benzene rings is 2. The van der Waals surface area contributed by atoms with Gasteiger partial charge in [0.15, 0.2) is 0 Å². The molecule has 4 rings (SSSR count). The fourth-order valence-electron chi connectivity index (χ4n) is 5.39. The van der Waals surface area contributed by atoms with Gasteiger partial charge < -0.3 is 14.8 Å². The van der Waals surface area contributed by atoms with E-state index >= 15 is 0 Å². The summed E-state index contributed by atoms with van der Waals surface area (Å²) in [6.07, 6.45) is 4.17. The number of fused-ring (bicyclic) bond motifs is 2. The quantitative estimate of drug-likeness (QED) is 0.506. The number of carbonyl (C=O) groups excluding carboxylic acids is 1. The third-order valence-corrected chi connectivity index (χ3v) is 7.59. The number of hydrogen-bond donors (Lipinski definition) is 1. The molecule has 1 N–H and O–H groups in total. The number of methoxy groups -OCH3 is 1. The molecule has 0 saturated carbocycles. The van der Waals surface area contributed by atoms with Gasteiger partial charge in [-0.05, 0) is 86.1 Å². The van der Waals surface area contributed by atoms with Crippen LogP contribution in [0.15, 0.2) is 30.3 Å². The zero-order valence-electron chi connectivity index (χ0n) is 20.2. The zero-order valence-corrected chi connectivity index (χ0v) is 21.0. The molecular weight excluding hydrogens is 455 g/mol. The lowest BCUT2D eigenvalue weighted by Gasteiger charge is -2.39. The third kappa shape index (κ3) is 5.73. The molecule has 2 aromatic carbocycles.